The van der Waals surface area contributed by atoms with Crippen LogP contribution in [0.1, 0.15) is 33.6 Å². The van der Waals surface area contributed by atoms with Gasteiger partial charge in [0.25, 0.3) is 17.7 Å². The maximum absolute atomic E-state index is 13.5. The summed E-state index contributed by atoms with van der Waals surface area (Å²) in [7, 11) is 0. The third-order valence-corrected chi connectivity index (χ3v) is 6.66. The number of allylic oxidation sites excluding steroid dienone is 2. The van der Waals surface area contributed by atoms with E-state index in [1.54, 1.807) is 24.3 Å². The van der Waals surface area contributed by atoms with Crippen LogP contribution < -0.4 is 0 Å². The average molecular weight is 536 g/mol. The zero-order chi connectivity index (χ0) is 23.0. The quantitative estimate of drug-likeness (QED) is 0.308. The van der Waals surface area contributed by atoms with E-state index >= 15 is 0 Å². The lowest BCUT2D eigenvalue weighted by molar-refractivity contribution is -0.154. The molecule has 2 aliphatic rings. The maximum Gasteiger partial charge on any atom is 0.274 e. The third-order valence-electron chi connectivity index (χ3n) is 5.58. The minimum absolute atomic E-state index is 0.0354. The first-order valence-electron chi connectivity index (χ1n) is 9.86. The highest BCUT2D eigenvalue weighted by molar-refractivity contribution is 9.10. The molecule has 2 aromatic rings. The van der Waals surface area contributed by atoms with Gasteiger partial charge in [-0.3, -0.25) is 19.2 Å². The Balaban J connectivity index is 1.71. The molecule has 32 heavy (non-hydrogen) atoms. The lowest BCUT2D eigenvalue weighted by Crippen LogP contribution is -2.52. The number of hydrogen-bond acceptors (Lipinski definition) is 4. The fraction of sp³-hybridized carbons (Fsp3) is 0.217. The number of hydrogen-bond donors (Lipinski definition) is 0. The predicted octanol–water partition coefficient (Wildman–Crippen LogP) is 4.95. The molecule has 9 heteroatoms. The van der Waals surface area contributed by atoms with Gasteiger partial charge in [-0.2, -0.15) is 5.01 Å². The molecule has 0 unspecified atom stereocenters. The van der Waals surface area contributed by atoms with Crippen LogP contribution in [0, 0.1) is 11.8 Å². The van der Waals surface area contributed by atoms with Gasteiger partial charge in [-0.25, -0.2) is 5.01 Å². The number of ketones is 1. The molecule has 1 heterocycles. The van der Waals surface area contributed by atoms with Crippen LogP contribution in [0.3, 0.4) is 0 Å². The Hall–Kier alpha value is -2.48. The number of carbonyl (C=O) groups excluding carboxylic acids is 4. The first-order chi connectivity index (χ1) is 15.3. The second-order valence-corrected chi connectivity index (χ2v) is 9.32. The van der Waals surface area contributed by atoms with Gasteiger partial charge in [0.05, 0.1) is 22.4 Å². The van der Waals surface area contributed by atoms with Crippen LogP contribution in [0.2, 0.25) is 10.0 Å². The van der Waals surface area contributed by atoms with Crippen molar-refractivity contribution >= 4 is 62.6 Å². The highest BCUT2D eigenvalue weighted by atomic mass is 79.9. The molecule has 0 radical (unpaired) electrons. The van der Waals surface area contributed by atoms with E-state index in [1.807, 2.05) is 12.2 Å². The van der Waals surface area contributed by atoms with Crippen molar-refractivity contribution in [3.05, 3.63) is 80.3 Å². The van der Waals surface area contributed by atoms with Crippen molar-refractivity contribution in [3.8, 4) is 0 Å². The molecule has 164 valence electrons. The zero-order valence-electron chi connectivity index (χ0n) is 16.6. The Morgan fingerprint density at radius 2 is 1.56 bits per heavy atom. The Bertz CT molecular complexity index is 1120. The number of rotatable bonds is 5. The standard InChI is InChI=1S/C23H17BrCl2N2O4/c24-14-7-5-13(6-8-14)20(29)12-27(21(30)18-10-9-15(25)11-19(18)26)28-22(31)16-3-1-2-4-17(16)23(28)32/h1-2,5-11,16-17H,3-4,12H2/t16-,17-/m0/s1. The molecular formula is C23H17BrCl2N2O4. The van der Waals surface area contributed by atoms with Crippen molar-refractivity contribution < 1.29 is 19.2 Å². The molecule has 2 aromatic carbocycles. The summed E-state index contributed by atoms with van der Waals surface area (Å²) in [6.07, 6.45) is 4.53. The van der Waals surface area contributed by atoms with E-state index < -0.39 is 41.9 Å². The molecule has 0 spiro atoms. The van der Waals surface area contributed by atoms with Gasteiger partial charge in [-0.15, -0.1) is 0 Å². The molecule has 1 fully saturated rings. The summed E-state index contributed by atoms with van der Waals surface area (Å²) >= 11 is 15.5. The number of amides is 3. The Labute approximate surface area is 202 Å². The van der Waals surface area contributed by atoms with Crippen molar-refractivity contribution in [1.29, 1.82) is 0 Å². The molecule has 4 rings (SSSR count). The smallest absolute Gasteiger partial charge is 0.274 e. The van der Waals surface area contributed by atoms with Gasteiger partial charge in [0, 0.05) is 15.1 Å². The van der Waals surface area contributed by atoms with Crippen LogP contribution in [0.25, 0.3) is 0 Å². The van der Waals surface area contributed by atoms with Crippen molar-refractivity contribution in [2.24, 2.45) is 11.8 Å². The van der Waals surface area contributed by atoms with Crippen molar-refractivity contribution in [3.63, 3.8) is 0 Å². The summed E-state index contributed by atoms with van der Waals surface area (Å²) in [5.74, 6) is -3.25. The highest BCUT2D eigenvalue weighted by Crippen LogP contribution is 2.36. The van der Waals surface area contributed by atoms with E-state index in [9.17, 15) is 19.2 Å². The van der Waals surface area contributed by atoms with E-state index in [0.29, 0.717) is 23.4 Å². The topological polar surface area (TPSA) is 74.8 Å². The van der Waals surface area contributed by atoms with Gasteiger partial charge in [0.1, 0.15) is 6.54 Å². The van der Waals surface area contributed by atoms with E-state index in [4.69, 9.17) is 23.2 Å². The summed E-state index contributed by atoms with van der Waals surface area (Å²) in [4.78, 5) is 52.7. The number of benzene rings is 2. The molecule has 0 N–H and O–H groups in total. The minimum Gasteiger partial charge on any atom is -0.292 e. The van der Waals surface area contributed by atoms with Crippen LogP contribution in [0.4, 0.5) is 0 Å². The second kappa shape index (κ2) is 9.17. The second-order valence-electron chi connectivity index (χ2n) is 7.56. The number of imide groups is 1. The average Bonchev–Trinajstić information content (AvgIpc) is 3.02. The molecule has 6 nitrogen and oxygen atoms in total. The molecule has 0 bridgehead atoms. The first kappa shape index (κ1) is 22.7. The van der Waals surface area contributed by atoms with Gasteiger partial charge >= 0.3 is 0 Å². The Morgan fingerprint density at radius 1 is 0.969 bits per heavy atom. The van der Waals surface area contributed by atoms with Crippen LogP contribution in [0.15, 0.2) is 59.1 Å². The number of hydrazine groups is 1. The molecular weight excluding hydrogens is 519 g/mol. The molecule has 1 aliphatic heterocycles. The van der Waals surface area contributed by atoms with Crippen molar-refractivity contribution in [2.45, 2.75) is 12.8 Å². The normalized spacial score (nSPS) is 19.8. The van der Waals surface area contributed by atoms with E-state index in [0.717, 1.165) is 14.5 Å². The first-order valence-corrected chi connectivity index (χ1v) is 11.4. The summed E-state index contributed by atoms with van der Waals surface area (Å²) in [5.41, 5.74) is 0.375. The predicted molar refractivity (Wildman–Crippen MR) is 123 cm³/mol. The van der Waals surface area contributed by atoms with Crippen LogP contribution in [-0.4, -0.2) is 40.1 Å². The fourth-order valence-electron chi connectivity index (χ4n) is 3.92. The molecule has 0 aromatic heterocycles. The van der Waals surface area contributed by atoms with E-state index in [1.165, 1.54) is 18.2 Å². The zero-order valence-corrected chi connectivity index (χ0v) is 19.7. The largest absolute Gasteiger partial charge is 0.292 e. The number of carbonyl (C=O) groups is 4. The lowest BCUT2D eigenvalue weighted by Gasteiger charge is -2.30. The summed E-state index contributed by atoms with van der Waals surface area (Å²) in [6, 6.07) is 10.9. The molecule has 1 aliphatic carbocycles. The van der Waals surface area contributed by atoms with E-state index in [2.05, 4.69) is 15.9 Å². The molecule has 3 amide bonds. The number of fused-ring (bicyclic) bond motifs is 1. The molecule has 0 saturated carbocycles. The monoisotopic (exact) mass is 534 g/mol. The minimum atomic E-state index is -0.731. The lowest BCUT2D eigenvalue weighted by atomic mass is 9.85. The number of Topliss-reactive ketones (excluding diaryl/α,β-unsaturated/α-hetero) is 1. The van der Waals surface area contributed by atoms with Crippen molar-refractivity contribution in [1.82, 2.24) is 10.0 Å². The fourth-order valence-corrected chi connectivity index (χ4v) is 4.67. The van der Waals surface area contributed by atoms with Gasteiger partial charge in [0.15, 0.2) is 5.78 Å². The van der Waals surface area contributed by atoms with E-state index in [-0.39, 0.29) is 10.6 Å². The van der Waals surface area contributed by atoms with Gasteiger partial charge < -0.3 is 0 Å². The third kappa shape index (κ3) is 4.25. The highest BCUT2D eigenvalue weighted by Gasteiger charge is 2.51. The Kier molecular flexibility index (Phi) is 6.51. The van der Waals surface area contributed by atoms with Crippen LogP contribution in [0.5, 0.6) is 0 Å². The van der Waals surface area contributed by atoms with Crippen LogP contribution in [-0.2, 0) is 9.59 Å². The molecule has 2 atom stereocenters. The SMILES string of the molecule is O=C(CN(C(=O)c1ccc(Cl)cc1Cl)N1C(=O)[C@H]2CC=CC[C@@H]2C1=O)c1ccc(Br)cc1. The van der Waals surface area contributed by atoms with Gasteiger partial charge in [-0.1, -0.05) is 63.4 Å². The Morgan fingerprint density at radius 3 is 2.12 bits per heavy atom. The summed E-state index contributed by atoms with van der Waals surface area (Å²) in [6.45, 7) is -0.496. The number of nitrogens with zero attached hydrogens (tertiary/aromatic N) is 2. The van der Waals surface area contributed by atoms with Gasteiger partial charge in [0.2, 0.25) is 0 Å². The summed E-state index contributed by atoms with van der Waals surface area (Å²) in [5, 5.41) is 2.12. The maximum atomic E-state index is 13.5. The van der Waals surface area contributed by atoms with Gasteiger partial charge in [-0.05, 0) is 43.2 Å². The molecule has 1 saturated heterocycles. The number of halogens is 3. The summed E-state index contributed by atoms with van der Waals surface area (Å²) < 4.78 is 0.788. The van der Waals surface area contributed by atoms with Crippen molar-refractivity contribution in [2.75, 3.05) is 6.54 Å². The van der Waals surface area contributed by atoms with Crippen LogP contribution >= 0.6 is 39.1 Å².